The van der Waals surface area contributed by atoms with E-state index in [0.717, 1.165) is 10.0 Å². The summed E-state index contributed by atoms with van der Waals surface area (Å²) < 4.78 is 24.8. The molecule has 2 aliphatic rings. The third kappa shape index (κ3) is 4.91. The van der Waals surface area contributed by atoms with Gasteiger partial charge in [0.05, 0.1) is 30.0 Å². The van der Waals surface area contributed by atoms with E-state index in [-0.39, 0.29) is 18.3 Å². The van der Waals surface area contributed by atoms with Gasteiger partial charge in [0.2, 0.25) is 6.79 Å². The molecule has 0 saturated heterocycles. The molecular formula is C30H24BrN3O6S. The lowest BCUT2D eigenvalue weighted by molar-refractivity contribution is -0.113. The summed E-state index contributed by atoms with van der Waals surface area (Å²) >= 11 is 4.81. The number of rotatable bonds is 6. The number of nitrogens with zero attached hydrogens (tertiary/aromatic N) is 2. The van der Waals surface area contributed by atoms with Crippen LogP contribution in [0.1, 0.15) is 24.1 Å². The van der Waals surface area contributed by atoms with Gasteiger partial charge in [0, 0.05) is 21.8 Å². The van der Waals surface area contributed by atoms with Crippen molar-refractivity contribution in [1.29, 1.82) is 0 Å². The average Bonchev–Trinajstić information content (AvgIpc) is 3.55. The maximum atomic E-state index is 14.1. The predicted octanol–water partition coefficient (Wildman–Crippen LogP) is 4.38. The van der Waals surface area contributed by atoms with Gasteiger partial charge in [0.1, 0.15) is 17.5 Å². The van der Waals surface area contributed by atoms with Gasteiger partial charge in [-0.2, -0.15) is 0 Å². The minimum atomic E-state index is -0.807. The number of carbonyl (C=O) groups excluding carboxylic acids is 1. The molecule has 6 rings (SSSR count). The van der Waals surface area contributed by atoms with Crippen LogP contribution < -0.4 is 39.2 Å². The molecule has 0 radical (unpaired) electrons. The van der Waals surface area contributed by atoms with E-state index in [4.69, 9.17) is 23.9 Å². The number of thiazole rings is 1. The number of allylic oxidation sites excluding steroid dienone is 1. The molecule has 1 atom stereocenters. The molecule has 0 fully saturated rings. The maximum absolute atomic E-state index is 14.1. The summed E-state index contributed by atoms with van der Waals surface area (Å²) in [6.07, 6.45) is 1.78. The van der Waals surface area contributed by atoms with Gasteiger partial charge in [-0.15, -0.1) is 0 Å². The minimum absolute atomic E-state index is 0.143. The van der Waals surface area contributed by atoms with Gasteiger partial charge in [-0.25, -0.2) is 4.99 Å². The Morgan fingerprint density at radius 2 is 1.85 bits per heavy atom. The summed E-state index contributed by atoms with van der Waals surface area (Å²) in [5.74, 6) is 1.92. The van der Waals surface area contributed by atoms with E-state index in [0.29, 0.717) is 54.9 Å². The van der Waals surface area contributed by atoms with Gasteiger partial charge in [-0.3, -0.25) is 14.2 Å². The smallest absolute Gasteiger partial charge is 0.271 e. The second-order valence-electron chi connectivity index (χ2n) is 9.24. The van der Waals surface area contributed by atoms with E-state index in [1.165, 1.54) is 11.3 Å². The van der Waals surface area contributed by atoms with E-state index in [1.54, 1.807) is 56.1 Å². The van der Waals surface area contributed by atoms with Gasteiger partial charge >= 0.3 is 0 Å². The summed E-state index contributed by atoms with van der Waals surface area (Å²) in [5.41, 5.74) is 2.54. The Morgan fingerprint density at radius 3 is 2.59 bits per heavy atom. The van der Waals surface area contributed by atoms with E-state index >= 15 is 0 Å². The zero-order chi connectivity index (χ0) is 28.7. The second kappa shape index (κ2) is 10.9. The summed E-state index contributed by atoms with van der Waals surface area (Å²) in [6.45, 7) is 1.92. The molecule has 9 nitrogen and oxygen atoms in total. The van der Waals surface area contributed by atoms with Crippen LogP contribution in [0.5, 0.6) is 23.0 Å². The van der Waals surface area contributed by atoms with Crippen molar-refractivity contribution in [1.82, 2.24) is 4.57 Å². The highest BCUT2D eigenvalue weighted by molar-refractivity contribution is 9.10. The fourth-order valence-electron chi connectivity index (χ4n) is 4.86. The van der Waals surface area contributed by atoms with Crippen LogP contribution in [0.25, 0.3) is 6.08 Å². The molecule has 3 heterocycles. The van der Waals surface area contributed by atoms with Crippen LogP contribution in [-0.2, 0) is 4.79 Å². The van der Waals surface area contributed by atoms with Crippen molar-refractivity contribution in [2.24, 2.45) is 4.99 Å². The monoisotopic (exact) mass is 633 g/mol. The molecule has 1 aromatic heterocycles. The minimum Gasteiger partial charge on any atom is -0.497 e. The summed E-state index contributed by atoms with van der Waals surface area (Å²) in [7, 11) is 3.11. The molecule has 11 heteroatoms. The van der Waals surface area contributed by atoms with Crippen molar-refractivity contribution >= 4 is 44.9 Å². The number of aromatic nitrogens is 1. The number of benzene rings is 3. The van der Waals surface area contributed by atoms with Crippen LogP contribution in [0.4, 0.5) is 5.69 Å². The highest BCUT2D eigenvalue weighted by Gasteiger charge is 2.34. The molecule has 41 heavy (non-hydrogen) atoms. The number of fused-ring (bicyclic) bond motifs is 2. The molecule has 2 aliphatic heterocycles. The molecule has 0 aliphatic carbocycles. The Kier molecular flexibility index (Phi) is 7.14. The van der Waals surface area contributed by atoms with Crippen molar-refractivity contribution in [2.45, 2.75) is 13.0 Å². The Labute approximate surface area is 247 Å². The van der Waals surface area contributed by atoms with Crippen molar-refractivity contribution in [3.8, 4) is 23.0 Å². The first-order valence-corrected chi connectivity index (χ1v) is 14.2. The van der Waals surface area contributed by atoms with Crippen LogP contribution in [0.3, 0.4) is 0 Å². The standard InChI is InChI=1S/C30H24BrN3O6S/c1-16-26(28(35)33-18-7-5-4-6-8-18)27(20-10-9-19(37-2)13-22(20)38-3)34-29(36)25(41-30(34)32-16)12-17-11-23-24(14-21(17)31)40-15-39-23/h4-14,27H,15H2,1-3H3,(H,33,35)/b25-12-/t27-/m0/s1. The van der Waals surface area contributed by atoms with Crippen LogP contribution in [0.2, 0.25) is 0 Å². The molecule has 3 aromatic carbocycles. The Bertz CT molecular complexity index is 1900. The van der Waals surface area contributed by atoms with Gasteiger partial charge in [0.15, 0.2) is 16.3 Å². The fraction of sp³-hybridized carbons (Fsp3) is 0.167. The summed E-state index contributed by atoms with van der Waals surface area (Å²) in [4.78, 5) is 33.1. The maximum Gasteiger partial charge on any atom is 0.271 e. The van der Waals surface area contributed by atoms with E-state index < -0.39 is 6.04 Å². The molecule has 4 aromatic rings. The molecule has 0 spiro atoms. The molecular weight excluding hydrogens is 610 g/mol. The zero-order valence-electron chi connectivity index (χ0n) is 22.3. The molecule has 0 saturated carbocycles. The number of hydrogen-bond donors (Lipinski definition) is 1. The normalized spacial score (nSPS) is 15.8. The number of ether oxygens (including phenoxy) is 4. The number of halogens is 1. The van der Waals surface area contributed by atoms with Crippen LogP contribution in [0.15, 0.2) is 86.2 Å². The quantitative estimate of drug-likeness (QED) is 0.338. The third-order valence-corrected chi connectivity index (χ3v) is 8.48. The lowest BCUT2D eigenvalue weighted by Gasteiger charge is -2.26. The Balaban J connectivity index is 1.54. The van der Waals surface area contributed by atoms with Crippen LogP contribution in [-0.4, -0.2) is 31.5 Å². The number of carbonyl (C=O) groups is 1. The number of para-hydroxylation sites is 1. The molecule has 1 amide bonds. The zero-order valence-corrected chi connectivity index (χ0v) is 24.7. The largest absolute Gasteiger partial charge is 0.497 e. The van der Waals surface area contributed by atoms with Gasteiger partial charge in [-0.1, -0.05) is 45.5 Å². The molecule has 0 bridgehead atoms. The van der Waals surface area contributed by atoms with Gasteiger partial charge in [-0.05, 0) is 55.0 Å². The van der Waals surface area contributed by atoms with Crippen molar-refractivity contribution in [3.63, 3.8) is 0 Å². The van der Waals surface area contributed by atoms with Crippen LogP contribution in [0, 0.1) is 0 Å². The second-order valence-corrected chi connectivity index (χ2v) is 11.1. The van der Waals surface area contributed by atoms with Crippen molar-refractivity contribution < 1.29 is 23.7 Å². The van der Waals surface area contributed by atoms with E-state index in [2.05, 4.69) is 21.2 Å². The Morgan fingerprint density at radius 1 is 1.10 bits per heavy atom. The van der Waals surface area contributed by atoms with Crippen molar-refractivity contribution in [3.05, 3.63) is 107 Å². The SMILES string of the molecule is COc1ccc([C@H]2C(C(=O)Nc3ccccc3)=C(C)N=c3s/c(=C\c4cc5c(cc4Br)OCO5)c(=O)n32)c(OC)c1. The fourth-order valence-corrected chi connectivity index (χ4v) is 6.33. The number of nitrogens with one attached hydrogen (secondary N) is 1. The summed E-state index contributed by atoms with van der Waals surface area (Å²) in [6, 6.07) is 17.3. The Hall–Kier alpha value is -4.35. The van der Waals surface area contributed by atoms with E-state index in [9.17, 15) is 9.59 Å². The first-order valence-electron chi connectivity index (χ1n) is 12.6. The lowest BCUT2D eigenvalue weighted by Crippen LogP contribution is -2.40. The van der Waals surface area contributed by atoms with Gasteiger partial charge < -0.3 is 24.3 Å². The first kappa shape index (κ1) is 26.9. The predicted molar refractivity (Wildman–Crippen MR) is 159 cm³/mol. The third-order valence-electron chi connectivity index (χ3n) is 6.81. The van der Waals surface area contributed by atoms with Crippen molar-refractivity contribution in [2.75, 3.05) is 26.3 Å². The topological polar surface area (TPSA) is 100 Å². The lowest BCUT2D eigenvalue weighted by atomic mass is 9.94. The molecule has 1 N–H and O–H groups in total. The number of methoxy groups -OCH3 is 2. The van der Waals surface area contributed by atoms with Gasteiger partial charge in [0.25, 0.3) is 11.5 Å². The molecule has 0 unspecified atom stereocenters. The molecule has 208 valence electrons. The summed E-state index contributed by atoms with van der Waals surface area (Å²) in [5, 5.41) is 2.96. The number of amides is 1. The highest BCUT2D eigenvalue weighted by Crippen LogP contribution is 2.39. The number of anilines is 1. The van der Waals surface area contributed by atoms with Crippen LogP contribution >= 0.6 is 27.3 Å². The highest BCUT2D eigenvalue weighted by atomic mass is 79.9. The van der Waals surface area contributed by atoms with E-state index in [1.807, 2.05) is 36.4 Å². The first-order chi connectivity index (χ1) is 19.9. The number of hydrogen-bond acceptors (Lipinski definition) is 8. The average molecular weight is 635 g/mol.